The number of hydrogen-bond donors (Lipinski definition) is 2. The maximum atomic E-state index is 11.4. The number of ether oxygens (including phenoxy) is 1. The lowest BCUT2D eigenvalue weighted by Crippen LogP contribution is -2.31. The summed E-state index contributed by atoms with van der Waals surface area (Å²) in [5, 5.41) is 6.54. The Morgan fingerprint density at radius 1 is 1.12 bits per heavy atom. The van der Waals surface area contributed by atoms with Gasteiger partial charge in [-0.25, -0.2) is 0 Å². The summed E-state index contributed by atoms with van der Waals surface area (Å²) in [7, 11) is 0. The number of carbonyl (C=O) groups is 1. The molecule has 4 nitrogen and oxygen atoms in total. The molecule has 2 fully saturated rings. The number of rotatable bonds is 6. The zero-order valence-electron chi connectivity index (χ0n) is 10.5. The van der Waals surface area contributed by atoms with Gasteiger partial charge in [0.2, 0.25) is 5.91 Å². The summed E-state index contributed by atoms with van der Waals surface area (Å²) in [5.41, 5.74) is 0. The first-order valence-corrected chi connectivity index (χ1v) is 6.95. The predicted octanol–water partition coefficient (Wildman–Crippen LogP) is 1.20. The maximum Gasteiger partial charge on any atom is 0.220 e. The second kappa shape index (κ2) is 6.97. The van der Waals surface area contributed by atoms with Crippen LogP contribution in [0.1, 0.15) is 44.9 Å². The van der Waals surface area contributed by atoms with Crippen LogP contribution in [0.5, 0.6) is 0 Å². The van der Waals surface area contributed by atoms with E-state index in [2.05, 4.69) is 10.6 Å². The lowest BCUT2D eigenvalue weighted by molar-refractivity contribution is -0.121. The van der Waals surface area contributed by atoms with Crippen LogP contribution in [0.2, 0.25) is 0 Å². The Morgan fingerprint density at radius 3 is 2.82 bits per heavy atom. The van der Waals surface area contributed by atoms with E-state index >= 15 is 0 Å². The standard InChI is InChI=1S/C13H24N2O2/c16-13(15-12-5-6-12)4-1-8-14-11-3-2-9-17-10-7-11/h11-12,14H,1-10H2,(H,15,16). The van der Waals surface area contributed by atoms with Crippen LogP contribution in [0.3, 0.4) is 0 Å². The molecule has 0 spiro atoms. The highest BCUT2D eigenvalue weighted by Crippen LogP contribution is 2.18. The van der Waals surface area contributed by atoms with Gasteiger partial charge in [-0.2, -0.15) is 0 Å². The summed E-state index contributed by atoms with van der Waals surface area (Å²) in [6.45, 7) is 2.73. The van der Waals surface area contributed by atoms with E-state index in [1.807, 2.05) is 0 Å². The zero-order chi connectivity index (χ0) is 11.9. The summed E-state index contributed by atoms with van der Waals surface area (Å²) in [6, 6.07) is 1.08. The third-order valence-corrected chi connectivity index (χ3v) is 3.41. The van der Waals surface area contributed by atoms with E-state index in [1.54, 1.807) is 0 Å². The molecule has 0 bridgehead atoms. The normalized spacial score (nSPS) is 25.3. The van der Waals surface area contributed by atoms with Gasteiger partial charge in [-0.05, 0) is 45.1 Å². The number of carbonyl (C=O) groups excluding carboxylic acids is 1. The molecule has 1 aliphatic heterocycles. The van der Waals surface area contributed by atoms with Crippen LogP contribution in [0.15, 0.2) is 0 Å². The van der Waals surface area contributed by atoms with Crippen molar-refractivity contribution in [3.63, 3.8) is 0 Å². The highest BCUT2D eigenvalue weighted by atomic mass is 16.5. The Morgan fingerprint density at radius 2 is 2.00 bits per heavy atom. The average Bonchev–Trinajstić information content (AvgIpc) is 3.11. The van der Waals surface area contributed by atoms with Crippen molar-refractivity contribution in [3.05, 3.63) is 0 Å². The topological polar surface area (TPSA) is 50.4 Å². The largest absolute Gasteiger partial charge is 0.381 e. The minimum absolute atomic E-state index is 0.221. The van der Waals surface area contributed by atoms with Crippen molar-refractivity contribution in [1.82, 2.24) is 10.6 Å². The second-order valence-electron chi connectivity index (χ2n) is 5.14. The van der Waals surface area contributed by atoms with Crippen LogP contribution in [-0.2, 0) is 9.53 Å². The molecule has 1 saturated carbocycles. The number of nitrogens with one attached hydrogen (secondary N) is 2. The fourth-order valence-electron chi connectivity index (χ4n) is 2.19. The molecule has 1 heterocycles. The van der Waals surface area contributed by atoms with E-state index in [9.17, 15) is 4.79 Å². The molecule has 1 aliphatic carbocycles. The Hall–Kier alpha value is -0.610. The monoisotopic (exact) mass is 240 g/mol. The molecule has 1 amide bonds. The lowest BCUT2D eigenvalue weighted by atomic mass is 10.1. The van der Waals surface area contributed by atoms with Gasteiger partial charge in [-0.15, -0.1) is 0 Å². The second-order valence-corrected chi connectivity index (χ2v) is 5.14. The van der Waals surface area contributed by atoms with Gasteiger partial charge < -0.3 is 15.4 Å². The molecule has 1 saturated heterocycles. The molecule has 4 heteroatoms. The minimum Gasteiger partial charge on any atom is -0.381 e. The van der Waals surface area contributed by atoms with Crippen LogP contribution in [0, 0.1) is 0 Å². The van der Waals surface area contributed by atoms with Crippen molar-refractivity contribution in [1.29, 1.82) is 0 Å². The fourth-order valence-corrected chi connectivity index (χ4v) is 2.19. The van der Waals surface area contributed by atoms with Crippen molar-refractivity contribution >= 4 is 5.91 Å². The molecule has 0 aromatic rings. The number of hydrogen-bond acceptors (Lipinski definition) is 3. The average molecular weight is 240 g/mol. The van der Waals surface area contributed by atoms with Crippen LogP contribution in [-0.4, -0.2) is 37.7 Å². The quantitative estimate of drug-likeness (QED) is 0.686. The summed E-state index contributed by atoms with van der Waals surface area (Å²) in [6.07, 6.45) is 7.41. The first-order valence-electron chi connectivity index (χ1n) is 6.95. The minimum atomic E-state index is 0.221. The Kier molecular flexibility index (Phi) is 5.26. The van der Waals surface area contributed by atoms with Gasteiger partial charge in [0.25, 0.3) is 0 Å². The van der Waals surface area contributed by atoms with Crippen molar-refractivity contribution < 1.29 is 9.53 Å². The van der Waals surface area contributed by atoms with E-state index in [1.165, 1.54) is 19.3 Å². The molecule has 0 aromatic heterocycles. The smallest absolute Gasteiger partial charge is 0.220 e. The van der Waals surface area contributed by atoms with E-state index < -0.39 is 0 Å². The molecule has 2 N–H and O–H groups in total. The third-order valence-electron chi connectivity index (χ3n) is 3.41. The predicted molar refractivity (Wildman–Crippen MR) is 66.9 cm³/mol. The van der Waals surface area contributed by atoms with Crippen LogP contribution in [0.4, 0.5) is 0 Å². The molecule has 98 valence electrons. The van der Waals surface area contributed by atoms with Crippen LogP contribution >= 0.6 is 0 Å². The SMILES string of the molecule is O=C(CCCNC1CCCOCC1)NC1CC1. The highest BCUT2D eigenvalue weighted by Gasteiger charge is 2.22. The van der Waals surface area contributed by atoms with Crippen molar-refractivity contribution in [2.24, 2.45) is 0 Å². The van der Waals surface area contributed by atoms with E-state index in [-0.39, 0.29) is 5.91 Å². The van der Waals surface area contributed by atoms with Gasteiger partial charge >= 0.3 is 0 Å². The molecule has 1 atom stereocenters. The molecule has 0 radical (unpaired) electrons. The Labute approximate surface area is 103 Å². The van der Waals surface area contributed by atoms with Gasteiger partial charge in [-0.3, -0.25) is 4.79 Å². The number of amides is 1. The lowest BCUT2D eigenvalue weighted by Gasteiger charge is -2.15. The Bertz CT molecular complexity index is 234. The van der Waals surface area contributed by atoms with E-state index in [4.69, 9.17) is 4.74 Å². The van der Waals surface area contributed by atoms with E-state index in [0.29, 0.717) is 18.5 Å². The summed E-state index contributed by atoms with van der Waals surface area (Å²) >= 11 is 0. The summed E-state index contributed by atoms with van der Waals surface area (Å²) < 4.78 is 5.42. The first-order chi connectivity index (χ1) is 8.34. The Balaban J connectivity index is 1.48. The molecular weight excluding hydrogens is 216 g/mol. The van der Waals surface area contributed by atoms with E-state index in [0.717, 1.165) is 39.0 Å². The summed E-state index contributed by atoms with van der Waals surface area (Å²) in [4.78, 5) is 11.4. The van der Waals surface area contributed by atoms with Gasteiger partial charge in [0, 0.05) is 31.7 Å². The summed E-state index contributed by atoms with van der Waals surface area (Å²) in [5.74, 6) is 0.221. The van der Waals surface area contributed by atoms with Gasteiger partial charge in [-0.1, -0.05) is 0 Å². The van der Waals surface area contributed by atoms with Gasteiger partial charge in [0.1, 0.15) is 0 Å². The van der Waals surface area contributed by atoms with Crippen molar-refractivity contribution in [3.8, 4) is 0 Å². The van der Waals surface area contributed by atoms with Gasteiger partial charge in [0.05, 0.1) is 0 Å². The fraction of sp³-hybridized carbons (Fsp3) is 0.923. The van der Waals surface area contributed by atoms with Crippen LogP contribution in [0.25, 0.3) is 0 Å². The highest BCUT2D eigenvalue weighted by molar-refractivity contribution is 5.76. The van der Waals surface area contributed by atoms with Crippen LogP contribution < -0.4 is 10.6 Å². The third kappa shape index (κ3) is 5.50. The molecule has 2 rings (SSSR count). The molecular formula is C13H24N2O2. The maximum absolute atomic E-state index is 11.4. The zero-order valence-corrected chi connectivity index (χ0v) is 10.5. The van der Waals surface area contributed by atoms with Gasteiger partial charge in [0.15, 0.2) is 0 Å². The van der Waals surface area contributed by atoms with Crippen molar-refractivity contribution in [2.45, 2.75) is 57.0 Å². The molecule has 2 aliphatic rings. The molecule has 1 unspecified atom stereocenters. The first kappa shape index (κ1) is 12.8. The van der Waals surface area contributed by atoms with Crippen molar-refractivity contribution in [2.75, 3.05) is 19.8 Å². The molecule has 0 aromatic carbocycles. The molecule has 17 heavy (non-hydrogen) atoms.